The number of pyridine rings is 1. The highest BCUT2D eigenvalue weighted by atomic mass is 16.5. The number of aromatic nitrogens is 1. The second kappa shape index (κ2) is 3.72. The largest absolute Gasteiger partial charge is 0.496 e. The van der Waals surface area contributed by atoms with Gasteiger partial charge in [-0.3, -0.25) is 0 Å². The number of nitrogens with one attached hydrogen (secondary N) is 1. The van der Waals surface area contributed by atoms with Crippen molar-refractivity contribution in [3.05, 3.63) is 17.8 Å². The number of carboxylic acids is 1. The van der Waals surface area contributed by atoms with Gasteiger partial charge in [0.1, 0.15) is 17.1 Å². The molecule has 1 heterocycles. The molecule has 1 aromatic heterocycles. The fourth-order valence-corrected chi connectivity index (χ4v) is 0.845. The van der Waals surface area contributed by atoms with Crippen molar-refractivity contribution in [2.45, 2.75) is 0 Å². The number of nitrogens with zero attached hydrogens (tertiary/aromatic N) is 1. The molecule has 0 aliphatic carbocycles. The van der Waals surface area contributed by atoms with E-state index in [1.807, 2.05) is 0 Å². The number of nitrogen functional groups attached to an aromatic ring is 1. The van der Waals surface area contributed by atoms with Crippen LogP contribution in [0, 0.1) is 0 Å². The molecule has 6 nitrogen and oxygen atoms in total. The van der Waals surface area contributed by atoms with Gasteiger partial charge in [-0.15, -0.1) is 0 Å². The third-order valence-corrected chi connectivity index (χ3v) is 1.46. The molecule has 1 rings (SSSR count). The van der Waals surface area contributed by atoms with Crippen LogP contribution in [0.3, 0.4) is 0 Å². The predicted octanol–water partition coefficient (Wildman–Crippen LogP) is 0.0740. The van der Waals surface area contributed by atoms with E-state index in [1.54, 1.807) is 0 Å². The molecular formula is C7H9N3O3. The number of ether oxygens (including phenoxy) is 1. The Kier molecular flexibility index (Phi) is 2.65. The van der Waals surface area contributed by atoms with Crippen LogP contribution in [-0.2, 0) is 0 Å². The zero-order valence-corrected chi connectivity index (χ0v) is 6.94. The van der Waals surface area contributed by atoms with E-state index in [4.69, 9.17) is 15.7 Å². The summed E-state index contributed by atoms with van der Waals surface area (Å²) in [7, 11) is 1.38. The number of hydrogen-bond acceptors (Lipinski definition) is 5. The number of aromatic carboxylic acids is 1. The van der Waals surface area contributed by atoms with E-state index in [9.17, 15) is 4.79 Å². The van der Waals surface area contributed by atoms with Crippen LogP contribution in [0.4, 0.5) is 5.82 Å². The summed E-state index contributed by atoms with van der Waals surface area (Å²) in [4.78, 5) is 14.3. The molecule has 1 aromatic rings. The lowest BCUT2D eigenvalue weighted by Gasteiger charge is -2.05. The maximum atomic E-state index is 10.6. The van der Waals surface area contributed by atoms with E-state index in [1.165, 1.54) is 19.4 Å². The van der Waals surface area contributed by atoms with Crippen molar-refractivity contribution in [2.75, 3.05) is 12.5 Å². The first-order valence-corrected chi connectivity index (χ1v) is 3.43. The molecule has 0 amide bonds. The molecule has 0 aliphatic heterocycles. The van der Waals surface area contributed by atoms with Crippen LogP contribution in [0.1, 0.15) is 10.4 Å². The molecule has 0 unspecified atom stereocenters. The molecule has 13 heavy (non-hydrogen) atoms. The number of hydrazine groups is 1. The highest BCUT2D eigenvalue weighted by Crippen LogP contribution is 2.19. The summed E-state index contributed by atoms with van der Waals surface area (Å²) in [5, 5.41) is 8.69. The quantitative estimate of drug-likeness (QED) is 0.453. The van der Waals surface area contributed by atoms with E-state index >= 15 is 0 Å². The van der Waals surface area contributed by atoms with Crippen LogP contribution in [0.25, 0.3) is 0 Å². The standard InChI is InChI=1S/C7H9N3O3/c1-13-5-2-6(10-8)9-3-4(5)7(11)12/h2-3H,8H2,1H3,(H,9,10)(H,11,12). The summed E-state index contributed by atoms with van der Waals surface area (Å²) < 4.78 is 4.83. The van der Waals surface area contributed by atoms with Crippen molar-refractivity contribution in [1.29, 1.82) is 0 Å². The predicted molar refractivity (Wildman–Crippen MR) is 45.6 cm³/mol. The summed E-state index contributed by atoms with van der Waals surface area (Å²) >= 11 is 0. The molecular weight excluding hydrogens is 174 g/mol. The topological polar surface area (TPSA) is 97.5 Å². The Bertz CT molecular complexity index is 327. The molecule has 6 heteroatoms. The Morgan fingerprint density at radius 3 is 2.92 bits per heavy atom. The summed E-state index contributed by atoms with van der Waals surface area (Å²) in [6.07, 6.45) is 1.18. The van der Waals surface area contributed by atoms with Crippen molar-refractivity contribution in [3.8, 4) is 5.75 Å². The second-order valence-corrected chi connectivity index (χ2v) is 2.22. The maximum Gasteiger partial charge on any atom is 0.341 e. The number of rotatable bonds is 3. The first-order chi connectivity index (χ1) is 6.19. The molecule has 0 bridgehead atoms. The molecule has 0 saturated heterocycles. The lowest BCUT2D eigenvalue weighted by molar-refractivity contribution is 0.0693. The molecule has 4 N–H and O–H groups in total. The lowest BCUT2D eigenvalue weighted by atomic mass is 10.2. The van der Waals surface area contributed by atoms with Crippen LogP contribution in [-0.4, -0.2) is 23.2 Å². The maximum absolute atomic E-state index is 10.6. The van der Waals surface area contributed by atoms with Gasteiger partial charge >= 0.3 is 5.97 Å². The minimum Gasteiger partial charge on any atom is -0.496 e. The van der Waals surface area contributed by atoms with Gasteiger partial charge in [-0.1, -0.05) is 0 Å². The van der Waals surface area contributed by atoms with E-state index in [0.29, 0.717) is 5.82 Å². The van der Waals surface area contributed by atoms with E-state index in [-0.39, 0.29) is 11.3 Å². The highest BCUT2D eigenvalue weighted by molar-refractivity contribution is 5.90. The number of methoxy groups -OCH3 is 1. The Hall–Kier alpha value is -1.82. The van der Waals surface area contributed by atoms with E-state index < -0.39 is 5.97 Å². The number of nitrogens with two attached hydrogens (primary N) is 1. The fraction of sp³-hybridized carbons (Fsp3) is 0.143. The molecule has 0 spiro atoms. The van der Waals surface area contributed by atoms with Crippen LogP contribution in [0.5, 0.6) is 5.75 Å². The number of carboxylic acid groups (broad SMARTS) is 1. The first-order valence-electron chi connectivity index (χ1n) is 3.43. The van der Waals surface area contributed by atoms with Crippen molar-refractivity contribution >= 4 is 11.8 Å². The zero-order valence-electron chi connectivity index (χ0n) is 6.94. The Morgan fingerprint density at radius 2 is 2.46 bits per heavy atom. The van der Waals surface area contributed by atoms with Gasteiger partial charge in [-0.05, 0) is 0 Å². The Labute approximate surface area is 74.3 Å². The summed E-state index contributed by atoms with van der Waals surface area (Å²) in [6.45, 7) is 0. The Balaban J connectivity index is 3.15. The Morgan fingerprint density at radius 1 is 1.77 bits per heavy atom. The van der Waals surface area contributed by atoms with Crippen LogP contribution < -0.4 is 16.0 Å². The van der Waals surface area contributed by atoms with Gasteiger partial charge in [0, 0.05) is 12.3 Å². The monoisotopic (exact) mass is 183 g/mol. The number of anilines is 1. The van der Waals surface area contributed by atoms with Gasteiger partial charge < -0.3 is 15.3 Å². The fourth-order valence-electron chi connectivity index (χ4n) is 0.845. The minimum absolute atomic E-state index is 0.00139. The van der Waals surface area contributed by atoms with Gasteiger partial charge in [0.25, 0.3) is 0 Å². The van der Waals surface area contributed by atoms with Crippen molar-refractivity contribution in [2.24, 2.45) is 5.84 Å². The zero-order chi connectivity index (χ0) is 9.84. The van der Waals surface area contributed by atoms with Crippen molar-refractivity contribution in [1.82, 2.24) is 4.98 Å². The highest BCUT2D eigenvalue weighted by Gasteiger charge is 2.11. The SMILES string of the molecule is COc1cc(NN)ncc1C(=O)O. The van der Waals surface area contributed by atoms with Crippen LogP contribution in [0.2, 0.25) is 0 Å². The molecule has 0 aromatic carbocycles. The van der Waals surface area contributed by atoms with Gasteiger partial charge in [0.2, 0.25) is 0 Å². The summed E-state index contributed by atoms with van der Waals surface area (Å²) in [5.74, 6) is 4.56. The van der Waals surface area contributed by atoms with E-state index in [0.717, 1.165) is 0 Å². The van der Waals surface area contributed by atoms with E-state index in [2.05, 4.69) is 10.4 Å². The molecule has 0 saturated carbocycles. The average Bonchev–Trinajstić information content (AvgIpc) is 2.16. The first kappa shape index (κ1) is 9.27. The number of hydrogen-bond donors (Lipinski definition) is 3. The second-order valence-electron chi connectivity index (χ2n) is 2.22. The van der Waals surface area contributed by atoms with Gasteiger partial charge in [-0.2, -0.15) is 0 Å². The molecule has 0 atom stereocenters. The van der Waals surface area contributed by atoms with Gasteiger partial charge in [-0.25, -0.2) is 15.6 Å². The van der Waals surface area contributed by atoms with Crippen molar-refractivity contribution in [3.63, 3.8) is 0 Å². The minimum atomic E-state index is -1.09. The molecule has 0 radical (unpaired) electrons. The average molecular weight is 183 g/mol. The normalized spacial score (nSPS) is 9.38. The van der Waals surface area contributed by atoms with Gasteiger partial charge in [0.05, 0.1) is 7.11 Å². The van der Waals surface area contributed by atoms with Crippen molar-refractivity contribution < 1.29 is 14.6 Å². The van der Waals surface area contributed by atoms with Crippen LogP contribution in [0.15, 0.2) is 12.3 Å². The molecule has 0 aliphatic rings. The molecule has 0 fully saturated rings. The lowest BCUT2D eigenvalue weighted by Crippen LogP contribution is -2.10. The molecule has 70 valence electrons. The smallest absolute Gasteiger partial charge is 0.341 e. The van der Waals surface area contributed by atoms with Crippen LogP contribution >= 0.6 is 0 Å². The summed E-state index contributed by atoms with van der Waals surface area (Å²) in [6, 6.07) is 1.41. The number of carbonyl (C=O) groups is 1. The third-order valence-electron chi connectivity index (χ3n) is 1.46. The van der Waals surface area contributed by atoms with Gasteiger partial charge in [0.15, 0.2) is 0 Å². The summed E-state index contributed by atoms with van der Waals surface area (Å²) in [5.41, 5.74) is 2.29. The third kappa shape index (κ3) is 1.85.